The predicted octanol–water partition coefficient (Wildman–Crippen LogP) is 3.74. The standard InChI is InChI=1S/C16H14ClFO4/c1-20-13-7-10(8-14(21-2)16(13)22-3)15(19)9-4-5-11(17)12(18)6-9/h4-8H,1-3H3. The first-order chi connectivity index (χ1) is 10.5. The van der Waals surface area contributed by atoms with Gasteiger partial charge in [0, 0.05) is 11.1 Å². The molecular formula is C16H14ClFO4. The largest absolute Gasteiger partial charge is 0.493 e. The van der Waals surface area contributed by atoms with Crippen molar-refractivity contribution in [2.45, 2.75) is 0 Å². The van der Waals surface area contributed by atoms with Gasteiger partial charge in [-0.1, -0.05) is 11.6 Å². The maximum absolute atomic E-state index is 13.5. The summed E-state index contributed by atoms with van der Waals surface area (Å²) in [4.78, 5) is 12.5. The number of carbonyl (C=O) groups excluding carboxylic acids is 1. The molecule has 2 aromatic carbocycles. The number of methoxy groups -OCH3 is 3. The van der Waals surface area contributed by atoms with Gasteiger partial charge < -0.3 is 14.2 Å². The van der Waals surface area contributed by atoms with Crippen LogP contribution in [0.25, 0.3) is 0 Å². The maximum Gasteiger partial charge on any atom is 0.203 e. The zero-order valence-corrected chi connectivity index (χ0v) is 13.0. The molecule has 0 spiro atoms. The lowest BCUT2D eigenvalue weighted by Crippen LogP contribution is -2.04. The Morgan fingerprint density at radius 2 is 1.55 bits per heavy atom. The Bertz CT molecular complexity index is 690. The minimum Gasteiger partial charge on any atom is -0.493 e. The van der Waals surface area contributed by atoms with E-state index in [1.165, 1.54) is 45.6 Å². The number of benzene rings is 2. The van der Waals surface area contributed by atoms with E-state index in [0.717, 1.165) is 6.07 Å². The molecule has 0 saturated carbocycles. The molecule has 0 atom stereocenters. The molecular weight excluding hydrogens is 311 g/mol. The first-order valence-electron chi connectivity index (χ1n) is 6.31. The molecule has 0 aliphatic carbocycles. The van der Waals surface area contributed by atoms with E-state index in [2.05, 4.69) is 0 Å². The number of ketones is 1. The summed E-state index contributed by atoms with van der Waals surface area (Å²) in [6.07, 6.45) is 0. The van der Waals surface area contributed by atoms with Crippen molar-refractivity contribution in [3.05, 3.63) is 52.3 Å². The van der Waals surface area contributed by atoms with Crippen LogP contribution in [0.2, 0.25) is 5.02 Å². The summed E-state index contributed by atoms with van der Waals surface area (Å²) in [6.45, 7) is 0. The Balaban J connectivity index is 2.51. The quantitative estimate of drug-likeness (QED) is 0.786. The summed E-state index contributed by atoms with van der Waals surface area (Å²) in [5.41, 5.74) is 0.465. The number of rotatable bonds is 5. The second kappa shape index (κ2) is 6.66. The minimum absolute atomic E-state index is 0.0403. The fraction of sp³-hybridized carbons (Fsp3) is 0.188. The van der Waals surface area contributed by atoms with Crippen molar-refractivity contribution in [2.24, 2.45) is 0 Å². The fourth-order valence-corrected chi connectivity index (χ4v) is 2.13. The van der Waals surface area contributed by atoms with Gasteiger partial charge in [0.05, 0.1) is 26.4 Å². The summed E-state index contributed by atoms with van der Waals surface area (Å²) in [5, 5.41) is -0.0403. The Morgan fingerprint density at radius 1 is 0.955 bits per heavy atom. The lowest BCUT2D eigenvalue weighted by molar-refractivity contribution is 0.103. The van der Waals surface area contributed by atoms with Crippen molar-refractivity contribution < 1.29 is 23.4 Å². The van der Waals surface area contributed by atoms with Crippen molar-refractivity contribution >= 4 is 17.4 Å². The zero-order valence-electron chi connectivity index (χ0n) is 12.3. The van der Waals surface area contributed by atoms with Crippen molar-refractivity contribution in [2.75, 3.05) is 21.3 Å². The van der Waals surface area contributed by atoms with Crippen LogP contribution in [0.5, 0.6) is 17.2 Å². The molecule has 0 saturated heterocycles. The van der Waals surface area contributed by atoms with E-state index < -0.39 is 5.82 Å². The van der Waals surface area contributed by atoms with E-state index in [0.29, 0.717) is 17.2 Å². The van der Waals surface area contributed by atoms with Crippen LogP contribution in [0.15, 0.2) is 30.3 Å². The first-order valence-corrected chi connectivity index (χ1v) is 6.69. The second-order valence-corrected chi connectivity index (χ2v) is 4.78. The third-order valence-electron chi connectivity index (χ3n) is 3.11. The van der Waals surface area contributed by atoms with Gasteiger partial charge in [-0.05, 0) is 30.3 Å². The van der Waals surface area contributed by atoms with Crippen molar-refractivity contribution in [3.8, 4) is 17.2 Å². The highest BCUT2D eigenvalue weighted by Gasteiger charge is 2.18. The third kappa shape index (κ3) is 2.99. The zero-order chi connectivity index (χ0) is 16.3. The molecule has 4 nitrogen and oxygen atoms in total. The van der Waals surface area contributed by atoms with E-state index in [4.69, 9.17) is 25.8 Å². The van der Waals surface area contributed by atoms with Crippen LogP contribution >= 0.6 is 11.6 Å². The monoisotopic (exact) mass is 324 g/mol. The van der Waals surface area contributed by atoms with E-state index >= 15 is 0 Å². The molecule has 2 rings (SSSR count). The normalized spacial score (nSPS) is 10.2. The summed E-state index contributed by atoms with van der Waals surface area (Å²) in [6, 6.07) is 6.90. The van der Waals surface area contributed by atoms with Gasteiger partial charge in [-0.25, -0.2) is 4.39 Å². The van der Waals surface area contributed by atoms with Gasteiger partial charge in [-0.2, -0.15) is 0 Å². The molecule has 0 radical (unpaired) electrons. The van der Waals surface area contributed by atoms with E-state index in [9.17, 15) is 9.18 Å². The lowest BCUT2D eigenvalue weighted by Gasteiger charge is -2.13. The SMILES string of the molecule is COc1cc(C(=O)c2ccc(Cl)c(F)c2)cc(OC)c1OC. The summed E-state index contributed by atoms with van der Waals surface area (Å²) in [5.74, 6) is 0.0397. The molecule has 116 valence electrons. The number of ether oxygens (including phenoxy) is 3. The predicted molar refractivity (Wildman–Crippen MR) is 80.9 cm³/mol. The Labute approximate surface area is 132 Å². The van der Waals surface area contributed by atoms with Crippen LogP contribution in [0.4, 0.5) is 4.39 Å². The summed E-state index contributed by atoms with van der Waals surface area (Å²) in [7, 11) is 4.37. The van der Waals surface area contributed by atoms with Gasteiger partial charge in [-0.3, -0.25) is 4.79 Å². The molecule has 0 N–H and O–H groups in total. The van der Waals surface area contributed by atoms with Crippen LogP contribution in [0.1, 0.15) is 15.9 Å². The fourth-order valence-electron chi connectivity index (χ4n) is 2.02. The molecule has 0 bridgehead atoms. The number of hydrogen-bond donors (Lipinski definition) is 0. The number of halogens is 2. The maximum atomic E-state index is 13.5. The Hall–Kier alpha value is -2.27. The van der Waals surface area contributed by atoms with Gasteiger partial charge >= 0.3 is 0 Å². The second-order valence-electron chi connectivity index (χ2n) is 4.37. The first kappa shape index (κ1) is 16.1. The highest BCUT2D eigenvalue weighted by atomic mass is 35.5. The molecule has 0 aliphatic rings. The highest BCUT2D eigenvalue weighted by Crippen LogP contribution is 2.38. The van der Waals surface area contributed by atoms with Crippen molar-refractivity contribution in [1.82, 2.24) is 0 Å². The van der Waals surface area contributed by atoms with E-state index in [1.54, 1.807) is 0 Å². The van der Waals surface area contributed by atoms with Crippen molar-refractivity contribution in [1.29, 1.82) is 0 Å². The Kier molecular flexibility index (Phi) is 4.88. The van der Waals surface area contributed by atoms with E-state index in [-0.39, 0.29) is 21.9 Å². The molecule has 0 amide bonds. The molecule has 6 heteroatoms. The average Bonchev–Trinajstić information content (AvgIpc) is 2.55. The average molecular weight is 325 g/mol. The smallest absolute Gasteiger partial charge is 0.203 e. The molecule has 2 aromatic rings. The van der Waals surface area contributed by atoms with Gasteiger partial charge in [-0.15, -0.1) is 0 Å². The minimum atomic E-state index is -0.653. The highest BCUT2D eigenvalue weighted by molar-refractivity contribution is 6.30. The van der Waals surface area contributed by atoms with Crippen molar-refractivity contribution in [3.63, 3.8) is 0 Å². The summed E-state index contributed by atoms with van der Waals surface area (Å²) >= 11 is 5.62. The van der Waals surface area contributed by atoms with Gasteiger partial charge in [0.2, 0.25) is 5.75 Å². The molecule has 0 aromatic heterocycles. The van der Waals surface area contributed by atoms with Crippen LogP contribution in [0.3, 0.4) is 0 Å². The van der Waals surface area contributed by atoms with Crippen LogP contribution < -0.4 is 14.2 Å². The van der Waals surface area contributed by atoms with Crippen LogP contribution in [0, 0.1) is 5.82 Å². The molecule has 0 heterocycles. The van der Waals surface area contributed by atoms with Gasteiger partial charge in [0.25, 0.3) is 0 Å². The number of hydrogen-bond acceptors (Lipinski definition) is 4. The van der Waals surface area contributed by atoms with Gasteiger partial charge in [0.15, 0.2) is 17.3 Å². The topological polar surface area (TPSA) is 44.8 Å². The van der Waals surface area contributed by atoms with Crippen LogP contribution in [-0.2, 0) is 0 Å². The Morgan fingerprint density at radius 3 is 2.00 bits per heavy atom. The molecule has 0 aliphatic heterocycles. The third-order valence-corrected chi connectivity index (χ3v) is 3.42. The molecule has 0 unspecified atom stereocenters. The van der Waals surface area contributed by atoms with Gasteiger partial charge in [0.1, 0.15) is 5.82 Å². The number of carbonyl (C=O) groups is 1. The molecule has 0 fully saturated rings. The van der Waals surface area contributed by atoms with Crippen LogP contribution in [-0.4, -0.2) is 27.1 Å². The lowest BCUT2D eigenvalue weighted by atomic mass is 10.0. The summed E-state index contributed by atoms with van der Waals surface area (Å²) < 4.78 is 29.1. The molecule has 22 heavy (non-hydrogen) atoms. The van der Waals surface area contributed by atoms with E-state index in [1.807, 2.05) is 0 Å².